The van der Waals surface area contributed by atoms with Gasteiger partial charge in [-0.25, -0.2) is 0 Å². The van der Waals surface area contributed by atoms with Gasteiger partial charge in [-0.05, 0) is 18.4 Å². The minimum atomic E-state index is -0.910. The number of carboxylic acid groups (broad SMARTS) is 1. The fraction of sp³-hybridized carbons (Fsp3) is 0.529. The van der Waals surface area contributed by atoms with Crippen LogP contribution in [0.5, 0.6) is 0 Å². The number of aliphatic carboxylic acids is 1. The first kappa shape index (κ1) is 23.5. The second-order valence-corrected chi connectivity index (χ2v) is 5.76. The van der Waals surface area contributed by atoms with E-state index >= 15 is 0 Å². The quantitative estimate of drug-likeness (QED) is 0.398. The van der Waals surface area contributed by atoms with Crippen molar-refractivity contribution < 1.29 is 19.4 Å². The topological polar surface area (TPSA) is 75.6 Å². The van der Waals surface area contributed by atoms with E-state index < -0.39 is 11.4 Å². The number of ether oxygens (including phenoxy) is 1. The SMILES string of the molecule is C=C/C(Cl)=C\C(C(=O)NCC(C)(C)CC(=O)O)=C(/C)OC.CC. The normalized spacial score (nSPS) is 12.4. The number of carbonyl (C=O) groups is 2. The summed E-state index contributed by atoms with van der Waals surface area (Å²) in [5.74, 6) is -0.885. The monoisotopic (exact) mass is 345 g/mol. The van der Waals surface area contributed by atoms with E-state index in [4.69, 9.17) is 21.4 Å². The Morgan fingerprint density at radius 1 is 1.35 bits per heavy atom. The third kappa shape index (κ3) is 10.6. The summed E-state index contributed by atoms with van der Waals surface area (Å²) in [6, 6.07) is 0. The third-order valence-electron chi connectivity index (χ3n) is 2.76. The molecule has 0 bridgehead atoms. The molecule has 0 radical (unpaired) electrons. The first-order valence-electron chi connectivity index (χ1n) is 7.37. The number of nitrogens with one attached hydrogen (secondary N) is 1. The Morgan fingerprint density at radius 2 is 1.87 bits per heavy atom. The number of halogens is 1. The number of rotatable bonds is 8. The molecule has 6 heteroatoms. The highest BCUT2D eigenvalue weighted by atomic mass is 35.5. The van der Waals surface area contributed by atoms with Gasteiger partial charge in [0.2, 0.25) is 0 Å². The molecule has 0 aromatic carbocycles. The van der Waals surface area contributed by atoms with E-state index in [0.717, 1.165) is 0 Å². The minimum Gasteiger partial charge on any atom is -0.501 e. The molecule has 0 atom stereocenters. The molecule has 0 spiro atoms. The lowest BCUT2D eigenvalue weighted by Gasteiger charge is -2.23. The molecule has 0 aromatic rings. The maximum absolute atomic E-state index is 12.2. The van der Waals surface area contributed by atoms with E-state index in [9.17, 15) is 9.59 Å². The van der Waals surface area contributed by atoms with Crippen molar-refractivity contribution in [3.05, 3.63) is 35.1 Å². The average Bonchev–Trinajstić information content (AvgIpc) is 2.50. The molecule has 0 aromatic heterocycles. The van der Waals surface area contributed by atoms with E-state index in [2.05, 4.69) is 11.9 Å². The molecule has 23 heavy (non-hydrogen) atoms. The Hall–Kier alpha value is -1.75. The van der Waals surface area contributed by atoms with Gasteiger partial charge in [0, 0.05) is 11.6 Å². The van der Waals surface area contributed by atoms with Crippen molar-refractivity contribution in [2.24, 2.45) is 5.41 Å². The zero-order chi connectivity index (χ0) is 18.6. The maximum atomic E-state index is 12.2. The van der Waals surface area contributed by atoms with Gasteiger partial charge in [-0.1, -0.05) is 52.0 Å². The fourth-order valence-corrected chi connectivity index (χ4v) is 1.63. The fourth-order valence-electron chi connectivity index (χ4n) is 1.52. The highest BCUT2D eigenvalue weighted by Gasteiger charge is 2.23. The number of hydrogen-bond donors (Lipinski definition) is 2. The predicted octanol–water partition coefficient (Wildman–Crippen LogP) is 3.86. The zero-order valence-corrected chi connectivity index (χ0v) is 15.6. The Bertz CT molecular complexity index is 479. The summed E-state index contributed by atoms with van der Waals surface area (Å²) in [7, 11) is 1.45. The van der Waals surface area contributed by atoms with E-state index in [-0.39, 0.29) is 24.4 Å². The second-order valence-electron chi connectivity index (χ2n) is 5.32. The van der Waals surface area contributed by atoms with E-state index in [0.29, 0.717) is 10.8 Å². The van der Waals surface area contributed by atoms with Crippen LogP contribution in [0.4, 0.5) is 0 Å². The van der Waals surface area contributed by atoms with Crippen LogP contribution in [0.1, 0.15) is 41.0 Å². The van der Waals surface area contributed by atoms with Gasteiger partial charge in [-0.15, -0.1) is 0 Å². The van der Waals surface area contributed by atoms with Crippen LogP contribution in [0.2, 0.25) is 0 Å². The average molecular weight is 346 g/mol. The number of hydrogen-bond acceptors (Lipinski definition) is 3. The van der Waals surface area contributed by atoms with Gasteiger partial charge in [0.1, 0.15) is 5.76 Å². The molecule has 0 aliphatic heterocycles. The summed E-state index contributed by atoms with van der Waals surface area (Å²) in [5.41, 5.74) is -0.284. The Labute approximate surface area is 144 Å². The number of carbonyl (C=O) groups excluding carboxylic acids is 1. The van der Waals surface area contributed by atoms with Gasteiger partial charge in [0.25, 0.3) is 5.91 Å². The van der Waals surface area contributed by atoms with Gasteiger partial charge < -0.3 is 15.2 Å². The van der Waals surface area contributed by atoms with Gasteiger partial charge in [-0.2, -0.15) is 0 Å². The highest BCUT2D eigenvalue weighted by molar-refractivity contribution is 6.31. The molecule has 1 amide bonds. The number of allylic oxidation sites excluding steroid dienone is 3. The molecule has 132 valence electrons. The van der Waals surface area contributed by atoms with E-state index in [1.165, 1.54) is 19.3 Å². The lowest BCUT2D eigenvalue weighted by Crippen LogP contribution is -2.36. The van der Waals surface area contributed by atoms with Crippen molar-refractivity contribution in [2.45, 2.75) is 41.0 Å². The lowest BCUT2D eigenvalue weighted by molar-refractivity contribution is -0.139. The third-order valence-corrected chi connectivity index (χ3v) is 3.03. The smallest absolute Gasteiger partial charge is 0.303 e. The summed E-state index contributed by atoms with van der Waals surface area (Å²) < 4.78 is 5.06. The van der Waals surface area contributed by atoms with Crippen LogP contribution in [0, 0.1) is 5.41 Å². The van der Waals surface area contributed by atoms with Crippen LogP contribution >= 0.6 is 11.6 Å². The molecular weight excluding hydrogens is 318 g/mol. The van der Waals surface area contributed by atoms with E-state index in [1.807, 2.05) is 13.8 Å². The van der Waals surface area contributed by atoms with Gasteiger partial charge in [0.15, 0.2) is 0 Å². The first-order chi connectivity index (χ1) is 10.6. The number of carboxylic acids is 1. The molecule has 0 aliphatic carbocycles. The summed E-state index contributed by atoms with van der Waals surface area (Å²) in [6.45, 7) is 12.9. The van der Waals surface area contributed by atoms with Crippen LogP contribution in [-0.2, 0) is 14.3 Å². The Morgan fingerprint density at radius 3 is 2.26 bits per heavy atom. The number of amides is 1. The van der Waals surface area contributed by atoms with Crippen LogP contribution in [0.3, 0.4) is 0 Å². The van der Waals surface area contributed by atoms with Crippen molar-refractivity contribution in [3.63, 3.8) is 0 Å². The minimum absolute atomic E-state index is 0.0428. The van der Waals surface area contributed by atoms with Crippen LogP contribution in [-0.4, -0.2) is 30.6 Å². The van der Waals surface area contributed by atoms with Crippen LogP contribution in [0.15, 0.2) is 35.1 Å². The largest absolute Gasteiger partial charge is 0.501 e. The summed E-state index contributed by atoms with van der Waals surface area (Å²) in [5, 5.41) is 11.8. The number of methoxy groups -OCH3 is 1. The molecule has 0 rings (SSSR count). The highest BCUT2D eigenvalue weighted by Crippen LogP contribution is 2.19. The Kier molecular flexibility index (Phi) is 12.0. The molecule has 0 fully saturated rings. The maximum Gasteiger partial charge on any atom is 0.303 e. The van der Waals surface area contributed by atoms with Crippen molar-refractivity contribution in [2.75, 3.05) is 13.7 Å². The van der Waals surface area contributed by atoms with Crippen molar-refractivity contribution in [1.29, 1.82) is 0 Å². The second kappa shape index (κ2) is 11.8. The van der Waals surface area contributed by atoms with Gasteiger partial charge >= 0.3 is 5.97 Å². The molecule has 0 heterocycles. The standard InChI is InChI=1S/C15H22ClNO4.C2H6/c1-6-11(16)7-12(10(2)21-5)14(20)17-9-15(3,4)8-13(18)19;1-2/h6-7H,1,8-9H2,2-5H3,(H,17,20)(H,18,19);1-2H3/b11-7+,12-10-;. The van der Waals surface area contributed by atoms with Crippen LogP contribution in [0.25, 0.3) is 0 Å². The lowest BCUT2D eigenvalue weighted by atomic mass is 9.89. The molecule has 5 nitrogen and oxygen atoms in total. The van der Waals surface area contributed by atoms with Gasteiger partial charge in [-0.3, -0.25) is 9.59 Å². The summed E-state index contributed by atoms with van der Waals surface area (Å²) in [4.78, 5) is 22.9. The molecule has 0 saturated heterocycles. The predicted molar refractivity (Wildman–Crippen MR) is 94.2 cm³/mol. The molecule has 0 unspecified atom stereocenters. The van der Waals surface area contributed by atoms with Crippen molar-refractivity contribution >= 4 is 23.5 Å². The van der Waals surface area contributed by atoms with Gasteiger partial charge in [0.05, 0.1) is 19.1 Å². The molecule has 0 saturated carbocycles. The molecular formula is C17H28ClNO4. The zero-order valence-electron chi connectivity index (χ0n) is 14.8. The summed E-state index contributed by atoms with van der Waals surface area (Å²) >= 11 is 5.86. The molecule has 2 N–H and O–H groups in total. The van der Waals surface area contributed by atoms with Crippen molar-refractivity contribution in [3.8, 4) is 0 Å². The van der Waals surface area contributed by atoms with Crippen LogP contribution < -0.4 is 5.32 Å². The first-order valence-corrected chi connectivity index (χ1v) is 7.75. The molecule has 0 aliphatic rings. The summed E-state index contributed by atoms with van der Waals surface area (Å²) in [6.07, 6.45) is 2.82. The van der Waals surface area contributed by atoms with Crippen molar-refractivity contribution in [1.82, 2.24) is 5.32 Å². The Balaban J connectivity index is 0. The van der Waals surface area contributed by atoms with E-state index in [1.54, 1.807) is 20.8 Å².